The fraction of sp³-hybridized carbons (Fsp3) is 0.500. The zero-order valence-corrected chi connectivity index (χ0v) is 11.9. The smallest absolute Gasteiger partial charge is 0.329 e. The van der Waals surface area contributed by atoms with Crippen molar-refractivity contribution in [3.05, 3.63) is 29.8 Å². The van der Waals surface area contributed by atoms with E-state index in [1.165, 1.54) is 10.4 Å². The monoisotopic (exact) mass is 323 g/mol. The highest BCUT2D eigenvalue weighted by atomic mass is 32.2. The molecule has 0 spiro atoms. The van der Waals surface area contributed by atoms with Crippen LogP contribution in [0.2, 0.25) is 0 Å². The lowest BCUT2D eigenvalue weighted by molar-refractivity contribution is -0.137. The van der Waals surface area contributed by atoms with Crippen LogP contribution in [0.25, 0.3) is 0 Å². The van der Waals surface area contributed by atoms with Crippen molar-refractivity contribution in [2.45, 2.75) is 17.1 Å². The number of piperazine rings is 1. The minimum atomic E-state index is -4.58. The molecule has 1 fully saturated rings. The topological polar surface area (TPSA) is 75.4 Å². The molecule has 1 aliphatic heterocycles. The van der Waals surface area contributed by atoms with Crippen LogP contribution in [0.4, 0.5) is 13.2 Å². The third-order valence-electron chi connectivity index (χ3n) is 3.34. The minimum Gasteiger partial charge on any atom is -0.329 e. The number of sulfonamides is 1. The van der Waals surface area contributed by atoms with Crippen LogP contribution in [0.5, 0.6) is 0 Å². The first kappa shape index (κ1) is 16.2. The van der Waals surface area contributed by atoms with E-state index >= 15 is 0 Å². The Morgan fingerprint density at radius 3 is 2.71 bits per heavy atom. The van der Waals surface area contributed by atoms with E-state index in [0.717, 1.165) is 12.1 Å². The average Bonchev–Trinajstić information content (AvgIpc) is 2.46. The Balaban J connectivity index is 2.39. The maximum atomic E-state index is 12.7. The number of halogens is 3. The van der Waals surface area contributed by atoms with Gasteiger partial charge in [-0.3, -0.25) is 0 Å². The van der Waals surface area contributed by atoms with Crippen molar-refractivity contribution in [2.24, 2.45) is 5.73 Å². The summed E-state index contributed by atoms with van der Waals surface area (Å²) in [6, 6.07) is 3.30. The number of nitrogens with zero attached hydrogens (tertiary/aromatic N) is 1. The van der Waals surface area contributed by atoms with Gasteiger partial charge in [0, 0.05) is 32.2 Å². The molecule has 1 aromatic carbocycles. The summed E-state index contributed by atoms with van der Waals surface area (Å²) in [5.74, 6) is 0. The van der Waals surface area contributed by atoms with Gasteiger partial charge in [0.1, 0.15) is 0 Å². The first-order valence-corrected chi connectivity index (χ1v) is 7.80. The van der Waals surface area contributed by atoms with Gasteiger partial charge in [-0.1, -0.05) is 6.07 Å². The molecule has 21 heavy (non-hydrogen) atoms. The number of alkyl halides is 3. The third kappa shape index (κ3) is 3.37. The highest BCUT2D eigenvalue weighted by molar-refractivity contribution is 7.89. The molecule has 0 saturated carbocycles. The number of rotatable bonds is 3. The van der Waals surface area contributed by atoms with E-state index in [4.69, 9.17) is 5.73 Å². The summed E-state index contributed by atoms with van der Waals surface area (Å²) in [5, 5.41) is 3.01. The Kier molecular flexibility index (Phi) is 4.57. The summed E-state index contributed by atoms with van der Waals surface area (Å²) >= 11 is 0. The normalized spacial score (nSPS) is 21.4. The molecule has 1 unspecified atom stereocenters. The predicted molar refractivity (Wildman–Crippen MR) is 71.0 cm³/mol. The van der Waals surface area contributed by atoms with Gasteiger partial charge in [0.15, 0.2) is 0 Å². The quantitative estimate of drug-likeness (QED) is 0.855. The molecule has 0 bridgehead atoms. The molecule has 9 heteroatoms. The van der Waals surface area contributed by atoms with Crippen LogP contribution in [0, 0.1) is 0 Å². The molecular formula is C12H16F3N3O2S. The molecule has 118 valence electrons. The summed E-state index contributed by atoms with van der Waals surface area (Å²) < 4.78 is 64.3. The Labute approximate surface area is 121 Å². The van der Waals surface area contributed by atoms with Gasteiger partial charge in [-0.25, -0.2) is 8.42 Å². The standard InChI is InChI=1S/C12H16F3N3O2S/c13-12(14,15)9-2-1-3-11(6-9)21(19,20)18-5-4-17-8-10(18)7-16/h1-3,6,10,17H,4-5,7-8,16H2. The third-order valence-corrected chi connectivity index (χ3v) is 5.28. The predicted octanol–water partition coefficient (Wildman–Crippen LogP) is 0.627. The van der Waals surface area contributed by atoms with E-state index in [2.05, 4.69) is 5.32 Å². The molecule has 0 aromatic heterocycles. The fourth-order valence-electron chi connectivity index (χ4n) is 2.23. The number of benzene rings is 1. The van der Waals surface area contributed by atoms with Crippen LogP contribution < -0.4 is 11.1 Å². The second-order valence-corrected chi connectivity index (χ2v) is 6.63. The fourth-order valence-corrected chi connectivity index (χ4v) is 3.91. The van der Waals surface area contributed by atoms with Crippen LogP contribution >= 0.6 is 0 Å². The van der Waals surface area contributed by atoms with Gasteiger partial charge in [-0.15, -0.1) is 0 Å². The summed E-state index contributed by atoms with van der Waals surface area (Å²) in [5.41, 5.74) is 4.56. The molecule has 1 aromatic rings. The van der Waals surface area contributed by atoms with E-state index in [-0.39, 0.29) is 18.0 Å². The van der Waals surface area contributed by atoms with Crippen molar-refractivity contribution in [2.75, 3.05) is 26.2 Å². The molecule has 0 radical (unpaired) electrons. The Morgan fingerprint density at radius 2 is 2.10 bits per heavy atom. The second kappa shape index (κ2) is 5.91. The van der Waals surface area contributed by atoms with Gasteiger partial charge in [-0.05, 0) is 18.2 Å². The van der Waals surface area contributed by atoms with Gasteiger partial charge in [0.2, 0.25) is 10.0 Å². The molecule has 1 aliphatic rings. The largest absolute Gasteiger partial charge is 0.416 e. The van der Waals surface area contributed by atoms with Crippen LogP contribution in [0.15, 0.2) is 29.2 Å². The number of hydrogen-bond acceptors (Lipinski definition) is 4. The van der Waals surface area contributed by atoms with Gasteiger partial charge in [0.25, 0.3) is 0 Å². The SMILES string of the molecule is NCC1CNCCN1S(=O)(=O)c1cccc(C(F)(F)F)c1. The Hall–Kier alpha value is -1.16. The lowest BCUT2D eigenvalue weighted by Crippen LogP contribution is -2.56. The molecule has 2 rings (SSSR count). The minimum absolute atomic E-state index is 0.102. The first-order chi connectivity index (χ1) is 9.76. The molecule has 0 amide bonds. The molecule has 1 saturated heterocycles. The van der Waals surface area contributed by atoms with Gasteiger partial charge in [-0.2, -0.15) is 17.5 Å². The van der Waals surface area contributed by atoms with E-state index in [0.29, 0.717) is 19.2 Å². The van der Waals surface area contributed by atoms with Crippen LogP contribution in [-0.2, 0) is 16.2 Å². The summed E-state index contributed by atoms with van der Waals surface area (Å²) in [6.07, 6.45) is -4.58. The van der Waals surface area contributed by atoms with Crippen LogP contribution in [0.1, 0.15) is 5.56 Å². The van der Waals surface area contributed by atoms with Crippen molar-refractivity contribution in [3.8, 4) is 0 Å². The first-order valence-electron chi connectivity index (χ1n) is 6.36. The van der Waals surface area contributed by atoms with Gasteiger partial charge >= 0.3 is 6.18 Å². The zero-order valence-electron chi connectivity index (χ0n) is 11.1. The van der Waals surface area contributed by atoms with Crippen molar-refractivity contribution in [1.29, 1.82) is 0 Å². The summed E-state index contributed by atoms with van der Waals surface area (Å²) in [6.45, 7) is 1.11. The zero-order chi connectivity index (χ0) is 15.7. The molecule has 5 nitrogen and oxygen atoms in total. The number of nitrogens with one attached hydrogen (secondary N) is 1. The summed E-state index contributed by atoms with van der Waals surface area (Å²) in [4.78, 5) is -0.363. The van der Waals surface area contributed by atoms with Crippen LogP contribution in [-0.4, -0.2) is 44.9 Å². The Bertz CT molecular complexity index is 604. The molecular weight excluding hydrogens is 307 g/mol. The van der Waals surface area contributed by atoms with Crippen molar-refractivity contribution in [1.82, 2.24) is 9.62 Å². The lowest BCUT2D eigenvalue weighted by atomic mass is 10.2. The highest BCUT2D eigenvalue weighted by Gasteiger charge is 2.35. The molecule has 1 atom stereocenters. The molecule has 3 N–H and O–H groups in total. The molecule has 0 aliphatic carbocycles. The maximum Gasteiger partial charge on any atom is 0.416 e. The van der Waals surface area contributed by atoms with Crippen molar-refractivity contribution in [3.63, 3.8) is 0 Å². The van der Waals surface area contributed by atoms with E-state index in [9.17, 15) is 21.6 Å². The van der Waals surface area contributed by atoms with E-state index in [1.54, 1.807) is 0 Å². The van der Waals surface area contributed by atoms with Gasteiger partial charge < -0.3 is 11.1 Å². The summed E-state index contributed by atoms with van der Waals surface area (Å²) in [7, 11) is -3.99. The van der Waals surface area contributed by atoms with E-state index < -0.39 is 27.8 Å². The Morgan fingerprint density at radius 1 is 1.38 bits per heavy atom. The maximum absolute atomic E-state index is 12.7. The van der Waals surface area contributed by atoms with Gasteiger partial charge in [0.05, 0.1) is 10.5 Å². The van der Waals surface area contributed by atoms with E-state index in [1.807, 2.05) is 0 Å². The van der Waals surface area contributed by atoms with Crippen LogP contribution in [0.3, 0.4) is 0 Å². The second-order valence-electron chi connectivity index (χ2n) is 4.73. The van der Waals surface area contributed by atoms with Crippen molar-refractivity contribution >= 4 is 10.0 Å². The number of nitrogens with two attached hydrogens (primary N) is 1. The lowest BCUT2D eigenvalue weighted by Gasteiger charge is -2.34. The van der Waals surface area contributed by atoms with Crippen molar-refractivity contribution < 1.29 is 21.6 Å². The average molecular weight is 323 g/mol. The molecule has 1 heterocycles. The highest BCUT2D eigenvalue weighted by Crippen LogP contribution is 2.31. The number of hydrogen-bond donors (Lipinski definition) is 2.